The van der Waals surface area contributed by atoms with Gasteiger partial charge in [0.2, 0.25) is 0 Å². The molecule has 2 nitrogen and oxygen atoms in total. The summed E-state index contributed by atoms with van der Waals surface area (Å²) in [5.74, 6) is 0.979. The van der Waals surface area contributed by atoms with Crippen molar-refractivity contribution < 1.29 is 4.74 Å². The van der Waals surface area contributed by atoms with Crippen LogP contribution in [0.5, 0.6) is 5.75 Å². The Bertz CT molecular complexity index is 393. The molecule has 1 N–H and O–H groups in total. The second-order valence-electron chi connectivity index (χ2n) is 4.32. The molecule has 0 saturated heterocycles. The van der Waals surface area contributed by atoms with Crippen LogP contribution in [0.1, 0.15) is 31.9 Å². The van der Waals surface area contributed by atoms with Gasteiger partial charge in [-0.05, 0) is 28.1 Å². The van der Waals surface area contributed by atoms with E-state index in [1.165, 1.54) is 5.56 Å². The molecule has 16 heavy (non-hydrogen) atoms. The lowest BCUT2D eigenvalue weighted by atomic mass is 10.00. The van der Waals surface area contributed by atoms with Crippen LogP contribution in [0.4, 0.5) is 0 Å². The van der Waals surface area contributed by atoms with E-state index in [1.807, 2.05) is 6.07 Å². The van der Waals surface area contributed by atoms with Gasteiger partial charge >= 0.3 is 0 Å². The van der Waals surface area contributed by atoms with Crippen molar-refractivity contribution in [2.75, 3.05) is 6.61 Å². The monoisotopic (exact) mass is 347 g/mol. The van der Waals surface area contributed by atoms with E-state index in [-0.39, 0.29) is 0 Å². The zero-order valence-corrected chi connectivity index (χ0v) is 12.6. The molecule has 0 spiro atoms. The molecular formula is C12H15Br2NO. The second kappa shape index (κ2) is 5.07. The minimum Gasteiger partial charge on any atom is -0.492 e. The maximum Gasteiger partial charge on any atom is 0.138 e. The normalized spacial score (nSPS) is 19.4. The fourth-order valence-electron chi connectivity index (χ4n) is 2.00. The van der Waals surface area contributed by atoms with E-state index in [4.69, 9.17) is 4.74 Å². The van der Waals surface area contributed by atoms with E-state index in [9.17, 15) is 0 Å². The van der Waals surface area contributed by atoms with Gasteiger partial charge in [-0.1, -0.05) is 29.8 Å². The van der Waals surface area contributed by atoms with Crippen molar-refractivity contribution in [2.24, 2.45) is 0 Å². The van der Waals surface area contributed by atoms with Gasteiger partial charge in [0.1, 0.15) is 5.75 Å². The molecule has 1 aromatic rings. The fraction of sp³-hybridized carbons (Fsp3) is 0.500. The van der Waals surface area contributed by atoms with Gasteiger partial charge in [-0.15, -0.1) is 0 Å². The zero-order valence-electron chi connectivity index (χ0n) is 9.39. The van der Waals surface area contributed by atoms with Crippen LogP contribution in [-0.4, -0.2) is 12.6 Å². The Labute approximate surface area is 113 Å². The highest BCUT2D eigenvalue weighted by molar-refractivity contribution is 9.11. The van der Waals surface area contributed by atoms with Crippen molar-refractivity contribution in [3.63, 3.8) is 0 Å². The van der Waals surface area contributed by atoms with Crippen LogP contribution in [0, 0.1) is 0 Å². The largest absolute Gasteiger partial charge is 0.492 e. The molecule has 1 atom stereocenters. The minimum absolute atomic E-state index is 0.387. The molecule has 88 valence electrons. The van der Waals surface area contributed by atoms with Crippen molar-refractivity contribution in [1.29, 1.82) is 0 Å². The number of hydrogen-bond donors (Lipinski definition) is 1. The molecule has 1 aliphatic rings. The number of halogens is 2. The molecular weight excluding hydrogens is 334 g/mol. The van der Waals surface area contributed by atoms with E-state index in [1.54, 1.807) is 0 Å². The molecule has 0 radical (unpaired) electrons. The van der Waals surface area contributed by atoms with Crippen LogP contribution in [0.3, 0.4) is 0 Å². The number of nitrogens with one attached hydrogen (secondary N) is 1. The van der Waals surface area contributed by atoms with E-state index in [2.05, 4.69) is 57.1 Å². The van der Waals surface area contributed by atoms with E-state index < -0.39 is 0 Å². The lowest BCUT2D eigenvalue weighted by molar-refractivity contribution is 0.246. The number of ether oxygens (including phenoxy) is 1. The van der Waals surface area contributed by atoms with Crippen molar-refractivity contribution in [1.82, 2.24) is 5.32 Å². The van der Waals surface area contributed by atoms with Gasteiger partial charge in [-0.2, -0.15) is 0 Å². The smallest absolute Gasteiger partial charge is 0.138 e. The third kappa shape index (κ3) is 2.60. The van der Waals surface area contributed by atoms with Crippen LogP contribution >= 0.6 is 31.9 Å². The molecule has 2 rings (SSSR count). The number of fused-ring (bicyclic) bond motifs is 1. The molecule has 0 fully saturated rings. The minimum atomic E-state index is 0.387. The van der Waals surface area contributed by atoms with Crippen molar-refractivity contribution in [3.05, 3.63) is 26.6 Å². The molecule has 1 heterocycles. The van der Waals surface area contributed by atoms with Crippen LogP contribution in [0.2, 0.25) is 0 Å². The Kier molecular flexibility index (Phi) is 3.93. The van der Waals surface area contributed by atoms with Gasteiger partial charge in [-0.25, -0.2) is 0 Å². The van der Waals surface area contributed by atoms with Gasteiger partial charge in [-0.3, -0.25) is 0 Å². The van der Waals surface area contributed by atoms with E-state index in [0.29, 0.717) is 12.1 Å². The molecule has 0 bridgehead atoms. The molecule has 4 heteroatoms. The Morgan fingerprint density at radius 1 is 1.38 bits per heavy atom. The maximum atomic E-state index is 5.71. The average Bonchev–Trinajstić information content (AvgIpc) is 2.18. The average molecular weight is 349 g/mol. The summed E-state index contributed by atoms with van der Waals surface area (Å²) in [5.41, 5.74) is 1.24. The first-order chi connectivity index (χ1) is 7.58. The lowest BCUT2D eigenvalue weighted by Crippen LogP contribution is -2.32. The van der Waals surface area contributed by atoms with Gasteiger partial charge in [0, 0.05) is 28.5 Å². The summed E-state index contributed by atoms with van der Waals surface area (Å²) in [7, 11) is 0. The molecule has 1 aliphatic heterocycles. The summed E-state index contributed by atoms with van der Waals surface area (Å²) in [4.78, 5) is 0. The van der Waals surface area contributed by atoms with Crippen LogP contribution in [-0.2, 0) is 0 Å². The second-order valence-corrected chi connectivity index (χ2v) is 6.09. The van der Waals surface area contributed by atoms with Crippen LogP contribution < -0.4 is 10.1 Å². The van der Waals surface area contributed by atoms with Gasteiger partial charge in [0.15, 0.2) is 0 Å². The van der Waals surface area contributed by atoms with Gasteiger partial charge in [0.05, 0.1) is 11.1 Å². The number of hydrogen-bond acceptors (Lipinski definition) is 2. The first-order valence-corrected chi connectivity index (χ1v) is 7.04. The lowest BCUT2D eigenvalue weighted by Gasteiger charge is -2.29. The quantitative estimate of drug-likeness (QED) is 0.871. The van der Waals surface area contributed by atoms with Gasteiger partial charge < -0.3 is 10.1 Å². The highest BCUT2D eigenvalue weighted by atomic mass is 79.9. The Hall–Kier alpha value is -0.0600. The first-order valence-electron chi connectivity index (χ1n) is 5.45. The third-order valence-corrected chi connectivity index (χ3v) is 3.65. The summed E-state index contributed by atoms with van der Waals surface area (Å²) >= 11 is 7.07. The third-order valence-electron chi connectivity index (χ3n) is 2.60. The predicted molar refractivity (Wildman–Crippen MR) is 73.0 cm³/mol. The van der Waals surface area contributed by atoms with E-state index in [0.717, 1.165) is 27.7 Å². The van der Waals surface area contributed by atoms with Crippen LogP contribution in [0.25, 0.3) is 0 Å². The summed E-state index contributed by atoms with van der Waals surface area (Å²) in [6.45, 7) is 5.11. The standard InChI is InChI=1S/C12H15Br2NO/c1-7(2)15-11-3-4-16-12-9(11)5-8(13)6-10(12)14/h5-7,11,15H,3-4H2,1-2H3. The Morgan fingerprint density at radius 2 is 2.12 bits per heavy atom. The molecule has 0 aliphatic carbocycles. The van der Waals surface area contributed by atoms with Crippen molar-refractivity contribution in [3.8, 4) is 5.75 Å². The first kappa shape index (κ1) is 12.4. The highest BCUT2D eigenvalue weighted by Gasteiger charge is 2.24. The van der Waals surface area contributed by atoms with E-state index >= 15 is 0 Å². The van der Waals surface area contributed by atoms with Crippen molar-refractivity contribution >= 4 is 31.9 Å². The Balaban J connectivity index is 2.37. The molecule has 0 aromatic heterocycles. The number of benzene rings is 1. The Morgan fingerprint density at radius 3 is 2.81 bits per heavy atom. The summed E-state index contributed by atoms with van der Waals surface area (Å²) in [5, 5.41) is 3.57. The maximum absolute atomic E-state index is 5.71. The highest BCUT2D eigenvalue weighted by Crippen LogP contribution is 2.40. The van der Waals surface area contributed by atoms with Gasteiger partial charge in [0.25, 0.3) is 0 Å². The molecule has 1 aromatic carbocycles. The summed E-state index contributed by atoms with van der Waals surface area (Å²) in [6.07, 6.45) is 1.02. The fourth-order valence-corrected chi connectivity index (χ4v) is 3.37. The van der Waals surface area contributed by atoms with Crippen molar-refractivity contribution in [2.45, 2.75) is 32.4 Å². The zero-order chi connectivity index (χ0) is 11.7. The molecule has 0 saturated carbocycles. The predicted octanol–water partition coefficient (Wildman–Crippen LogP) is 4.03. The van der Waals surface area contributed by atoms with Crippen LogP contribution in [0.15, 0.2) is 21.1 Å². The SMILES string of the molecule is CC(C)NC1CCOc2c(Br)cc(Br)cc21. The summed E-state index contributed by atoms with van der Waals surface area (Å²) < 4.78 is 7.82. The topological polar surface area (TPSA) is 21.3 Å². The molecule has 0 amide bonds. The molecule has 1 unspecified atom stereocenters. The summed E-state index contributed by atoms with van der Waals surface area (Å²) in [6, 6.07) is 5.03. The number of rotatable bonds is 2.